The van der Waals surface area contributed by atoms with E-state index in [2.05, 4.69) is 6.92 Å². The third-order valence-corrected chi connectivity index (χ3v) is 3.66. The number of thiocarbonyl (C=S) groups is 1. The van der Waals surface area contributed by atoms with Crippen LogP contribution in [0.25, 0.3) is 0 Å². The Morgan fingerprint density at radius 3 is 2.65 bits per heavy atom. The van der Waals surface area contributed by atoms with E-state index in [-0.39, 0.29) is 0 Å². The van der Waals surface area contributed by atoms with Crippen molar-refractivity contribution >= 4 is 28.8 Å². The summed E-state index contributed by atoms with van der Waals surface area (Å²) < 4.78 is 5.81. The molecule has 0 spiro atoms. The Labute approximate surface area is 129 Å². The van der Waals surface area contributed by atoms with Crippen molar-refractivity contribution in [2.45, 2.75) is 20.0 Å². The Balaban J connectivity index is 2.15. The van der Waals surface area contributed by atoms with Crippen LogP contribution in [0, 0.1) is 0 Å². The Morgan fingerprint density at radius 2 is 1.95 bits per heavy atom. The van der Waals surface area contributed by atoms with Crippen molar-refractivity contribution in [1.82, 2.24) is 0 Å². The fraction of sp³-hybridized carbons (Fsp3) is 0.188. The van der Waals surface area contributed by atoms with Gasteiger partial charge in [-0.25, -0.2) is 0 Å². The molecule has 20 heavy (non-hydrogen) atoms. The van der Waals surface area contributed by atoms with Crippen LogP contribution in [0.4, 0.5) is 0 Å². The average Bonchev–Trinajstić information content (AvgIpc) is 2.46. The molecule has 4 heteroatoms. The molecule has 0 aromatic heterocycles. The number of hydrogen-bond donors (Lipinski definition) is 1. The van der Waals surface area contributed by atoms with Crippen LogP contribution in [-0.2, 0) is 13.0 Å². The molecule has 0 fully saturated rings. The third kappa shape index (κ3) is 3.50. The van der Waals surface area contributed by atoms with E-state index in [9.17, 15) is 0 Å². The molecule has 0 aliphatic heterocycles. The molecule has 2 nitrogen and oxygen atoms in total. The van der Waals surface area contributed by atoms with E-state index in [4.69, 9.17) is 34.3 Å². The topological polar surface area (TPSA) is 35.2 Å². The molecule has 0 bridgehead atoms. The van der Waals surface area contributed by atoms with E-state index in [0.717, 1.165) is 33.9 Å². The first-order valence-corrected chi connectivity index (χ1v) is 7.19. The molecule has 0 radical (unpaired) electrons. The minimum Gasteiger partial charge on any atom is -0.489 e. The van der Waals surface area contributed by atoms with Crippen molar-refractivity contribution < 1.29 is 4.74 Å². The summed E-state index contributed by atoms with van der Waals surface area (Å²) in [5.41, 5.74) is 8.62. The molecule has 0 amide bonds. The quantitative estimate of drug-likeness (QED) is 0.844. The fourth-order valence-corrected chi connectivity index (χ4v) is 2.41. The van der Waals surface area contributed by atoms with E-state index in [1.807, 2.05) is 42.5 Å². The van der Waals surface area contributed by atoms with E-state index >= 15 is 0 Å². The minimum atomic E-state index is 0.384. The number of halogens is 1. The Bertz CT molecular complexity index is 628. The maximum Gasteiger partial charge on any atom is 0.120 e. The maximum atomic E-state index is 6.09. The van der Waals surface area contributed by atoms with Gasteiger partial charge in [0.15, 0.2) is 0 Å². The zero-order chi connectivity index (χ0) is 14.5. The van der Waals surface area contributed by atoms with Crippen LogP contribution in [0.1, 0.15) is 23.6 Å². The summed E-state index contributed by atoms with van der Waals surface area (Å²) >= 11 is 11.1. The molecule has 2 N–H and O–H groups in total. The van der Waals surface area contributed by atoms with Gasteiger partial charge < -0.3 is 10.5 Å². The lowest BCUT2D eigenvalue weighted by molar-refractivity contribution is 0.306. The van der Waals surface area contributed by atoms with Gasteiger partial charge in [0, 0.05) is 10.6 Å². The van der Waals surface area contributed by atoms with E-state index < -0.39 is 0 Å². The molecule has 0 aliphatic carbocycles. The van der Waals surface area contributed by atoms with Gasteiger partial charge in [0.1, 0.15) is 17.3 Å². The summed E-state index contributed by atoms with van der Waals surface area (Å²) in [6, 6.07) is 13.4. The SMILES string of the molecule is CCc1cc(OCc2ccccc2C(N)=S)ccc1Cl. The normalized spacial score (nSPS) is 10.3. The minimum absolute atomic E-state index is 0.384. The Hall–Kier alpha value is -1.58. The first-order chi connectivity index (χ1) is 9.61. The van der Waals surface area contributed by atoms with Gasteiger partial charge in [0.2, 0.25) is 0 Å². The zero-order valence-electron chi connectivity index (χ0n) is 11.2. The van der Waals surface area contributed by atoms with Crippen LogP contribution in [0.3, 0.4) is 0 Å². The molecule has 0 heterocycles. The fourth-order valence-electron chi connectivity index (χ4n) is 1.96. The van der Waals surface area contributed by atoms with Crippen molar-refractivity contribution in [1.29, 1.82) is 0 Å². The van der Waals surface area contributed by atoms with Gasteiger partial charge in [-0.3, -0.25) is 0 Å². The molecule has 0 saturated heterocycles. The summed E-state index contributed by atoms with van der Waals surface area (Å²) in [6.45, 7) is 2.49. The molecule has 0 aliphatic rings. The molecular formula is C16H16ClNOS. The lowest BCUT2D eigenvalue weighted by Gasteiger charge is -2.11. The van der Waals surface area contributed by atoms with Gasteiger partial charge in [0.05, 0.1) is 0 Å². The summed E-state index contributed by atoms with van der Waals surface area (Å²) in [6.07, 6.45) is 0.875. The van der Waals surface area contributed by atoms with Gasteiger partial charge in [-0.15, -0.1) is 0 Å². The molecule has 2 aromatic carbocycles. The lowest BCUT2D eigenvalue weighted by atomic mass is 10.1. The number of aryl methyl sites for hydroxylation is 1. The zero-order valence-corrected chi connectivity index (χ0v) is 12.8. The molecular weight excluding hydrogens is 290 g/mol. The number of nitrogens with two attached hydrogens (primary N) is 1. The largest absolute Gasteiger partial charge is 0.489 e. The van der Waals surface area contributed by atoms with Crippen molar-refractivity contribution in [2.24, 2.45) is 5.73 Å². The highest BCUT2D eigenvalue weighted by Gasteiger charge is 2.06. The van der Waals surface area contributed by atoms with Gasteiger partial charge in [-0.1, -0.05) is 55.0 Å². The van der Waals surface area contributed by atoms with Crippen molar-refractivity contribution in [3.8, 4) is 5.75 Å². The second-order valence-electron chi connectivity index (χ2n) is 4.42. The van der Waals surface area contributed by atoms with E-state index in [1.54, 1.807) is 0 Å². The van der Waals surface area contributed by atoms with Crippen LogP contribution in [0.5, 0.6) is 5.75 Å². The van der Waals surface area contributed by atoms with Crippen LogP contribution in [-0.4, -0.2) is 4.99 Å². The highest BCUT2D eigenvalue weighted by molar-refractivity contribution is 7.80. The number of hydrogen-bond acceptors (Lipinski definition) is 2. The van der Waals surface area contributed by atoms with Crippen molar-refractivity contribution in [3.63, 3.8) is 0 Å². The van der Waals surface area contributed by atoms with Crippen LogP contribution >= 0.6 is 23.8 Å². The third-order valence-electron chi connectivity index (χ3n) is 3.08. The predicted octanol–water partition coefficient (Wildman–Crippen LogP) is 4.12. The second kappa shape index (κ2) is 6.73. The molecule has 0 atom stereocenters. The lowest BCUT2D eigenvalue weighted by Crippen LogP contribution is -2.13. The number of benzene rings is 2. The number of ether oxygens (including phenoxy) is 1. The van der Waals surface area contributed by atoms with Gasteiger partial charge in [-0.2, -0.15) is 0 Å². The summed E-state index contributed by atoms with van der Waals surface area (Å²) in [5, 5.41) is 0.767. The highest BCUT2D eigenvalue weighted by Crippen LogP contribution is 2.23. The molecule has 0 saturated carbocycles. The number of rotatable bonds is 5. The van der Waals surface area contributed by atoms with Crippen molar-refractivity contribution in [2.75, 3.05) is 0 Å². The maximum absolute atomic E-state index is 6.09. The molecule has 104 valence electrons. The predicted molar refractivity (Wildman–Crippen MR) is 87.5 cm³/mol. The summed E-state index contributed by atoms with van der Waals surface area (Å²) in [4.78, 5) is 0.384. The van der Waals surface area contributed by atoms with Crippen molar-refractivity contribution in [3.05, 3.63) is 64.2 Å². The molecule has 2 aromatic rings. The van der Waals surface area contributed by atoms with Gasteiger partial charge in [0.25, 0.3) is 0 Å². The Kier molecular flexibility index (Phi) is 4.99. The van der Waals surface area contributed by atoms with Crippen LogP contribution in [0.2, 0.25) is 5.02 Å². The summed E-state index contributed by atoms with van der Waals surface area (Å²) in [5.74, 6) is 0.795. The van der Waals surface area contributed by atoms with Gasteiger partial charge >= 0.3 is 0 Å². The highest BCUT2D eigenvalue weighted by atomic mass is 35.5. The average molecular weight is 306 g/mol. The Morgan fingerprint density at radius 1 is 1.20 bits per heavy atom. The van der Waals surface area contributed by atoms with E-state index in [1.165, 1.54) is 0 Å². The second-order valence-corrected chi connectivity index (χ2v) is 5.26. The monoisotopic (exact) mass is 305 g/mol. The van der Waals surface area contributed by atoms with Gasteiger partial charge in [-0.05, 0) is 35.7 Å². The van der Waals surface area contributed by atoms with E-state index in [0.29, 0.717) is 11.6 Å². The first kappa shape index (κ1) is 14.8. The smallest absolute Gasteiger partial charge is 0.120 e. The molecule has 2 rings (SSSR count). The van der Waals surface area contributed by atoms with Crippen LogP contribution in [0.15, 0.2) is 42.5 Å². The first-order valence-electron chi connectivity index (χ1n) is 6.40. The standard InChI is InChI=1S/C16H16ClNOS/c1-2-11-9-13(7-8-15(11)17)19-10-12-5-3-4-6-14(12)16(18)20/h3-9H,2,10H2,1H3,(H2,18,20). The summed E-state index contributed by atoms with van der Waals surface area (Å²) in [7, 11) is 0. The van der Waals surface area contributed by atoms with Crippen LogP contribution < -0.4 is 10.5 Å². The molecule has 0 unspecified atom stereocenters.